The van der Waals surface area contributed by atoms with Crippen LogP contribution in [0.25, 0.3) is 0 Å². The van der Waals surface area contributed by atoms with Gasteiger partial charge in [0.25, 0.3) is 0 Å². The standard InChI is InChI=1S/C11H20N4/c1-10-12-11(2)15(13-10)9-8-14-6-4-3-5-7-14/h3-9H2,1-2H3. The van der Waals surface area contributed by atoms with Crippen LogP contribution in [0.4, 0.5) is 0 Å². The van der Waals surface area contributed by atoms with Crippen molar-refractivity contribution in [3.63, 3.8) is 0 Å². The number of aromatic nitrogens is 3. The van der Waals surface area contributed by atoms with E-state index in [9.17, 15) is 0 Å². The highest BCUT2D eigenvalue weighted by Crippen LogP contribution is 2.08. The first kappa shape index (κ1) is 10.6. The maximum absolute atomic E-state index is 4.37. The fraction of sp³-hybridized carbons (Fsp3) is 0.818. The lowest BCUT2D eigenvalue weighted by Crippen LogP contribution is -2.32. The monoisotopic (exact) mass is 208 g/mol. The predicted octanol–water partition coefficient (Wildman–Crippen LogP) is 1.38. The minimum Gasteiger partial charge on any atom is -0.301 e. The van der Waals surface area contributed by atoms with E-state index in [-0.39, 0.29) is 0 Å². The molecule has 84 valence electrons. The molecule has 2 heterocycles. The second kappa shape index (κ2) is 4.75. The molecule has 0 aliphatic carbocycles. The summed E-state index contributed by atoms with van der Waals surface area (Å²) in [7, 11) is 0. The fourth-order valence-electron chi connectivity index (χ4n) is 2.19. The number of hydrogen-bond acceptors (Lipinski definition) is 3. The smallest absolute Gasteiger partial charge is 0.147 e. The highest BCUT2D eigenvalue weighted by atomic mass is 15.4. The van der Waals surface area contributed by atoms with Crippen molar-refractivity contribution in [2.75, 3.05) is 19.6 Å². The van der Waals surface area contributed by atoms with Gasteiger partial charge in [-0.1, -0.05) is 6.42 Å². The van der Waals surface area contributed by atoms with E-state index in [0.717, 1.165) is 24.7 Å². The zero-order valence-corrected chi connectivity index (χ0v) is 9.74. The SMILES string of the molecule is Cc1nc(C)n(CCN2CCCCC2)n1. The molecule has 1 aliphatic heterocycles. The van der Waals surface area contributed by atoms with E-state index in [1.807, 2.05) is 18.5 Å². The van der Waals surface area contributed by atoms with Gasteiger partial charge in [0, 0.05) is 6.54 Å². The Morgan fingerprint density at radius 2 is 1.80 bits per heavy atom. The van der Waals surface area contributed by atoms with Crippen molar-refractivity contribution >= 4 is 0 Å². The number of aryl methyl sites for hydroxylation is 2. The van der Waals surface area contributed by atoms with Crippen LogP contribution in [0.3, 0.4) is 0 Å². The van der Waals surface area contributed by atoms with Crippen molar-refractivity contribution in [1.82, 2.24) is 19.7 Å². The molecule has 0 atom stereocenters. The van der Waals surface area contributed by atoms with Gasteiger partial charge in [-0.3, -0.25) is 0 Å². The molecule has 0 aromatic carbocycles. The van der Waals surface area contributed by atoms with Gasteiger partial charge in [-0.2, -0.15) is 5.10 Å². The largest absolute Gasteiger partial charge is 0.301 e. The highest BCUT2D eigenvalue weighted by Gasteiger charge is 2.10. The molecule has 15 heavy (non-hydrogen) atoms. The summed E-state index contributed by atoms with van der Waals surface area (Å²) in [6.07, 6.45) is 4.11. The Bertz CT molecular complexity index is 312. The normalized spacial score (nSPS) is 18.3. The number of likely N-dealkylation sites (tertiary alicyclic amines) is 1. The summed E-state index contributed by atoms with van der Waals surface area (Å²) in [4.78, 5) is 6.84. The molecular weight excluding hydrogens is 188 g/mol. The predicted molar refractivity (Wildman–Crippen MR) is 59.8 cm³/mol. The Balaban J connectivity index is 1.84. The zero-order valence-electron chi connectivity index (χ0n) is 9.74. The number of hydrogen-bond donors (Lipinski definition) is 0. The molecule has 1 saturated heterocycles. The third-order valence-electron chi connectivity index (χ3n) is 3.04. The van der Waals surface area contributed by atoms with E-state index in [0.29, 0.717) is 0 Å². The van der Waals surface area contributed by atoms with Crippen molar-refractivity contribution in [2.45, 2.75) is 39.7 Å². The molecule has 0 unspecified atom stereocenters. The van der Waals surface area contributed by atoms with Crippen molar-refractivity contribution < 1.29 is 0 Å². The van der Waals surface area contributed by atoms with Gasteiger partial charge in [-0.05, 0) is 39.8 Å². The Kier molecular flexibility index (Phi) is 3.36. The second-order valence-electron chi connectivity index (χ2n) is 4.33. The third kappa shape index (κ3) is 2.78. The van der Waals surface area contributed by atoms with Crippen LogP contribution in [0.15, 0.2) is 0 Å². The Hall–Kier alpha value is -0.900. The molecule has 1 aliphatic rings. The van der Waals surface area contributed by atoms with E-state index in [1.54, 1.807) is 0 Å². The van der Waals surface area contributed by atoms with Crippen LogP contribution >= 0.6 is 0 Å². The van der Waals surface area contributed by atoms with Crippen LogP contribution in [0.5, 0.6) is 0 Å². The van der Waals surface area contributed by atoms with E-state index in [1.165, 1.54) is 32.4 Å². The van der Waals surface area contributed by atoms with Crippen molar-refractivity contribution in [3.05, 3.63) is 11.6 Å². The molecule has 4 heteroatoms. The second-order valence-corrected chi connectivity index (χ2v) is 4.33. The van der Waals surface area contributed by atoms with E-state index >= 15 is 0 Å². The zero-order chi connectivity index (χ0) is 10.7. The highest BCUT2D eigenvalue weighted by molar-refractivity contribution is 4.87. The molecule has 0 N–H and O–H groups in total. The summed E-state index contributed by atoms with van der Waals surface area (Å²) in [6.45, 7) is 8.58. The molecule has 0 bridgehead atoms. The summed E-state index contributed by atoms with van der Waals surface area (Å²) in [5.74, 6) is 1.91. The van der Waals surface area contributed by atoms with E-state index in [4.69, 9.17) is 0 Å². The number of nitrogens with zero attached hydrogens (tertiary/aromatic N) is 4. The van der Waals surface area contributed by atoms with E-state index in [2.05, 4.69) is 15.0 Å². The first-order valence-corrected chi connectivity index (χ1v) is 5.86. The number of rotatable bonds is 3. The summed E-state index contributed by atoms with van der Waals surface area (Å²) < 4.78 is 2.02. The van der Waals surface area contributed by atoms with E-state index < -0.39 is 0 Å². The summed E-state index contributed by atoms with van der Waals surface area (Å²) in [5.41, 5.74) is 0. The topological polar surface area (TPSA) is 34.0 Å². The Morgan fingerprint density at radius 3 is 2.40 bits per heavy atom. The summed E-state index contributed by atoms with van der Waals surface area (Å²) in [6, 6.07) is 0. The number of piperidine rings is 1. The molecular formula is C11H20N4. The average Bonchev–Trinajstić information content (AvgIpc) is 2.56. The van der Waals surface area contributed by atoms with Gasteiger partial charge >= 0.3 is 0 Å². The molecule has 1 aromatic rings. The molecule has 4 nitrogen and oxygen atoms in total. The average molecular weight is 208 g/mol. The van der Waals surface area contributed by atoms with Gasteiger partial charge in [0.15, 0.2) is 0 Å². The molecule has 0 saturated carbocycles. The Morgan fingerprint density at radius 1 is 1.07 bits per heavy atom. The van der Waals surface area contributed by atoms with Crippen LogP contribution in [-0.2, 0) is 6.54 Å². The lowest BCUT2D eigenvalue weighted by molar-refractivity contribution is 0.217. The van der Waals surface area contributed by atoms with Crippen LogP contribution in [0.1, 0.15) is 30.9 Å². The summed E-state index contributed by atoms with van der Waals surface area (Å²) in [5, 5.41) is 4.37. The molecule has 1 aromatic heterocycles. The minimum atomic E-state index is 0.881. The van der Waals surface area contributed by atoms with Crippen molar-refractivity contribution in [1.29, 1.82) is 0 Å². The van der Waals surface area contributed by atoms with Crippen LogP contribution < -0.4 is 0 Å². The Labute approximate surface area is 91.3 Å². The molecule has 2 rings (SSSR count). The maximum Gasteiger partial charge on any atom is 0.147 e. The molecule has 0 amide bonds. The van der Waals surface area contributed by atoms with Crippen LogP contribution in [0.2, 0.25) is 0 Å². The lowest BCUT2D eigenvalue weighted by Gasteiger charge is -2.26. The molecule has 1 fully saturated rings. The third-order valence-corrected chi connectivity index (χ3v) is 3.04. The van der Waals surface area contributed by atoms with Gasteiger partial charge in [-0.15, -0.1) is 0 Å². The quantitative estimate of drug-likeness (QED) is 0.752. The van der Waals surface area contributed by atoms with Gasteiger partial charge < -0.3 is 4.90 Å². The van der Waals surface area contributed by atoms with Crippen LogP contribution in [0, 0.1) is 13.8 Å². The van der Waals surface area contributed by atoms with Gasteiger partial charge in [-0.25, -0.2) is 9.67 Å². The molecule has 0 radical (unpaired) electrons. The first-order valence-electron chi connectivity index (χ1n) is 5.86. The first-order chi connectivity index (χ1) is 7.25. The molecule has 0 spiro atoms. The lowest BCUT2D eigenvalue weighted by atomic mass is 10.1. The van der Waals surface area contributed by atoms with Crippen molar-refractivity contribution in [3.8, 4) is 0 Å². The van der Waals surface area contributed by atoms with Gasteiger partial charge in [0.05, 0.1) is 6.54 Å². The maximum atomic E-state index is 4.37. The van der Waals surface area contributed by atoms with Crippen LogP contribution in [-0.4, -0.2) is 39.3 Å². The minimum absolute atomic E-state index is 0.881. The van der Waals surface area contributed by atoms with Gasteiger partial charge in [0.1, 0.15) is 11.6 Å². The fourth-order valence-corrected chi connectivity index (χ4v) is 2.19. The summed E-state index contributed by atoms with van der Waals surface area (Å²) >= 11 is 0. The van der Waals surface area contributed by atoms with Gasteiger partial charge in [0.2, 0.25) is 0 Å². The van der Waals surface area contributed by atoms with Crippen molar-refractivity contribution in [2.24, 2.45) is 0 Å².